The maximum Gasteiger partial charge on any atom is 0.245 e. The summed E-state index contributed by atoms with van der Waals surface area (Å²) in [5.41, 5.74) is 0.778. The van der Waals surface area contributed by atoms with E-state index in [-0.39, 0.29) is 36.1 Å². The number of nitrogens with zero attached hydrogens (tertiary/aromatic N) is 1. The summed E-state index contributed by atoms with van der Waals surface area (Å²) in [5, 5.41) is 5.94. The Labute approximate surface area is 134 Å². The standard InChI is InChI=1S/C15H18FN3O2.ClH/c16-11-3-1-2-10(8-11)13-9-17-6-7-19(13)15(21)12-4-5-14(20)18-12;/h1-3,8,12-13,17H,4-7,9H2,(H,18,20);1H/t12-,13?;/m0./s1. The van der Waals surface area contributed by atoms with Crippen molar-refractivity contribution >= 4 is 24.2 Å². The van der Waals surface area contributed by atoms with Gasteiger partial charge in [-0.05, 0) is 24.1 Å². The van der Waals surface area contributed by atoms with Crippen LogP contribution in [0.1, 0.15) is 24.4 Å². The maximum atomic E-state index is 13.4. The minimum Gasteiger partial charge on any atom is -0.344 e. The molecule has 2 saturated heterocycles. The number of hydrogen-bond donors (Lipinski definition) is 2. The van der Waals surface area contributed by atoms with Gasteiger partial charge in [-0.25, -0.2) is 4.39 Å². The highest BCUT2D eigenvalue weighted by Crippen LogP contribution is 2.25. The Morgan fingerprint density at radius 1 is 1.36 bits per heavy atom. The molecule has 2 heterocycles. The van der Waals surface area contributed by atoms with E-state index in [4.69, 9.17) is 0 Å². The van der Waals surface area contributed by atoms with Crippen molar-refractivity contribution in [1.82, 2.24) is 15.5 Å². The molecule has 1 unspecified atom stereocenters. The second-order valence-corrected chi connectivity index (χ2v) is 5.47. The van der Waals surface area contributed by atoms with E-state index in [0.29, 0.717) is 32.5 Å². The molecular formula is C15H19ClFN3O2. The predicted octanol–water partition coefficient (Wildman–Crippen LogP) is 0.999. The Balaban J connectivity index is 0.00000176. The Morgan fingerprint density at radius 3 is 2.86 bits per heavy atom. The van der Waals surface area contributed by atoms with Crippen LogP contribution in [0.25, 0.3) is 0 Å². The molecule has 1 aromatic carbocycles. The molecule has 2 atom stereocenters. The molecule has 1 aromatic rings. The SMILES string of the molecule is Cl.O=C1CC[C@@H](C(=O)N2CCNCC2c2cccc(F)c2)N1. The van der Waals surface area contributed by atoms with Crippen LogP contribution < -0.4 is 10.6 Å². The zero-order valence-corrected chi connectivity index (χ0v) is 12.9. The largest absolute Gasteiger partial charge is 0.344 e. The third kappa shape index (κ3) is 3.39. The maximum absolute atomic E-state index is 13.4. The molecule has 0 saturated carbocycles. The Morgan fingerprint density at radius 2 is 2.18 bits per heavy atom. The minimum atomic E-state index is -0.438. The van der Waals surface area contributed by atoms with E-state index in [1.165, 1.54) is 12.1 Å². The fourth-order valence-electron chi connectivity index (χ4n) is 2.98. The van der Waals surface area contributed by atoms with Gasteiger partial charge in [0, 0.05) is 26.1 Å². The second-order valence-electron chi connectivity index (χ2n) is 5.47. The lowest BCUT2D eigenvalue weighted by atomic mass is 10.0. The topological polar surface area (TPSA) is 61.4 Å². The molecule has 0 spiro atoms. The average Bonchev–Trinajstić information content (AvgIpc) is 2.93. The second kappa shape index (κ2) is 7.07. The van der Waals surface area contributed by atoms with Crippen LogP contribution in [-0.2, 0) is 9.59 Å². The van der Waals surface area contributed by atoms with Crippen molar-refractivity contribution in [3.63, 3.8) is 0 Å². The summed E-state index contributed by atoms with van der Waals surface area (Å²) in [4.78, 5) is 25.6. The van der Waals surface area contributed by atoms with Gasteiger partial charge < -0.3 is 15.5 Å². The van der Waals surface area contributed by atoms with E-state index in [1.54, 1.807) is 11.0 Å². The van der Waals surface area contributed by atoms with Crippen LogP contribution in [0.2, 0.25) is 0 Å². The van der Waals surface area contributed by atoms with E-state index in [1.807, 2.05) is 6.07 Å². The number of rotatable bonds is 2. The van der Waals surface area contributed by atoms with Crippen molar-refractivity contribution in [2.75, 3.05) is 19.6 Å². The van der Waals surface area contributed by atoms with E-state index >= 15 is 0 Å². The summed E-state index contributed by atoms with van der Waals surface area (Å²) in [7, 11) is 0. The summed E-state index contributed by atoms with van der Waals surface area (Å²) in [6, 6.07) is 5.70. The summed E-state index contributed by atoms with van der Waals surface area (Å²) in [6.07, 6.45) is 0.935. The highest BCUT2D eigenvalue weighted by atomic mass is 35.5. The molecule has 0 bridgehead atoms. The van der Waals surface area contributed by atoms with E-state index in [9.17, 15) is 14.0 Å². The van der Waals surface area contributed by atoms with Gasteiger partial charge in [0.2, 0.25) is 11.8 Å². The minimum absolute atomic E-state index is 0. The molecule has 0 radical (unpaired) electrons. The number of carbonyl (C=O) groups is 2. The first-order valence-corrected chi connectivity index (χ1v) is 7.21. The van der Waals surface area contributed by atoms with Gasteiger partial charge in [-0.2, -0.15) is 0 Å². The molecule has 7 heteroatoms. The number of benzene rings is 1. The summed E-state index contributed by atoms with van der Waals surface area (Å²) < 4.78 is 13.4. The molecule has 2 aliphatic heterocycles. The first-order chi connectivity index (χ1) is 10.1. The Hall–Kier alpha value is -1.66. The van der Waals surface area contributed by atoms with E-state index < -0.39 is 6.04 Å². The lowest BCUT2D eigenvalue weighted by Gasteiger charge is -2.38. The molecule has 2 amide bonds. The van der Waals surface area contributed by atoms with Crippen LogP contribution in [-0.4, -0.2) is 42.4 Å². The molecule has 5 nitrogen and oxygen atoms in total. The monoisotopic (exact) mass is 327 g/mol. The van der Waals surface area contributed by atoms with Gasteiger partial charge in [0.1, 0.15) is 11.9 Å². The molecule has 2 N–H and O–H groups in total. The lowest BCUT2D eigenvalue weighted by Crippen LogP contribution is -2.53. The van der Waals surface area contributed by atoms with Gasteiger partial charge in [-0.3, -0.25) is 9.59 Å². The third-order valence-corrected chi connectivity index (χ3v) is 4.05. The van der Waals surface area contributed by atoms with Crippen LogP contribution in [0.15, 0.2) is 24.3 Å². The number of hydrogen-bond acceptors (Lipinski definition) is 3. The van der Waals surface area contributed by atoms with Crippen LogP contribution in [0.4, 0.5) is 4.39 Å². The quantitative estimate of drug-likeness (QED) is 0.852. The van der Waals surface area contributed by atoms with E-state index in [0.717, 1.165) is 5.56 Å². The molecule has 120 valence electrons. The Kier molecular flexibility index (Phi) is 5.37. The van der Waals surface area contributed by atoms with Crippen molar-refractivity contribution in [1.29, 1.82) is 0 Å². The van der Waals surface area contributed by atoms with Gasteiger partial charge in [-0.1, -0.05) is 12.1 Å². The number of amides is 2. The summed E-state index contributed by atoms with van der Waals surface area (Å²) in [5.74, 6) is -0.456. The molecule has 22 heavy (non-hydrogen) atoms. The smallest absolute Gasteiger partial charge is 0.245 e. The fraction of sp³-hybridized carbons (Fsp3) is 0.467. The van der Waals surface area contributed by atoms with Gasteiger partial charge >= 0.3 is 0 Å². The highest BCUT2D eigenvalue weighted by molar-refractivity contribution is 5.91. The normalized spacial score (nSPS) is 24.6. The molecular weight excluding hydrogens is 309 g/mol. The zero-order valence-electron chi connectivity index (χ0n) is 12.0. The highest BCUT2D eigenvalue weighted by Gasteiger charge is 2.35. The molecule has 3 rings (SSSR count). The fourth-order valence-corrected chi connectivity index (χ4v) is 2.98. The molecule has 2 aliphatic rings. The van der Waals surface area contributed by atoms with Crippen LogP contribution in [0.5, 0.6) is 0 Å². The van der Waals surface area contributed by atoms with Crippen LogP contribution >= 0.6 is 12.4 Å². The van der Waals surface area contributed by atoms with Crippen molar-refractivity contribution in [3.8, 4) is 0 Å². The first-order valence-electron chi connectivity index (χ1n) is 7.21. The number of piperazine rings is 1. The lowest BCUT2D eigenvalue weighted by molar-refractivity contribution is -0.137. The van der Waals surface area contributed by atoms with Gasteiger partial charge in [0.05, 0.1) is 6.04 Å². The number of nitrogens with one attached hydrogen (secondary N) is 2. The molecule has 0 aromatic heterocycles. The van der Waals surface area contributed by atoms with Gasteiger partial charge in [0.25, 0.3) is 0 Å². The predicted molar refractivity (Wildman–Crippen MR) is 82.1 cm³/mol. The van der Waals surface area contributed by atoms with E-state index in [2.05, 4.69) is 10.6 Å². The van der Waals surface area contributed by atoms with Crippen LogP contribution in [0, 0.1) is 5.82 Å². The van der Waals surface area contributed by atoms with Crippen molar-refractivity contribution in [3.05, 3.63) is 35.6 Å². The first kappa shape index (κ1) is 16.7. The van der Waals surface area contributed by atoms with Crippen LogP contribution in [0.3, 0.4) is 0 Å². The van der Waals surface area contributed by atoms with Crippen molar-refractivity contribution < 1.29 is 14.0 Å². The Bertz CT molecular complexity index is 569. The number of carbonyl (C=O) groups excluding carboxylic acids is 2. The zero-order chi connectivity index (χ0) is 14.8. The van der Waals surface area contributed by atoms with Gasteiger partial charge in [-0.15, -0.1) is 12.4 Å². The van der Waals surface area contributed by atoms with Crippen molar-refractivity contribution in [2.24, 2.45) is 0 Å². The molecule has 0 aliphatic carbocycles. The summed E-state index contributed by atoms with van der Waals surface area (Å²) in [6.45, 7) is 1.86. The molecule has 2 fully saturated rings. The number of halogens is 2. The summed E-state index contributed by atoms with van der Waals surface area (Å²) >= 11 is 0. The average molecular weight is 328 g/mol. The van der Waals surface area contributed by atoms with Gasteiger partial charge in [0.15, 0.2) is 0 Å². The van der Waals surface area contributed by atoms with Crippen molar-refractivity contribution in [2.45, 2.75) is 24.9 Å². The third-order valence-electron chi connectivity index (χ3n) is 4.05.